The summed E-state index contributed by atoms with van der Waals surface area (Å²) in [5.41, 5.74) is 0.532. The minimum absolute atomic E-state index is 0.0561. The fourth-order valence-corrected chi connectivity index (χ4v) is 1.83. The molecule has 0 aromatic heterocycles. The normalized spacial score (nSPS) is 11.1. The predicted octanol–water partition coefficient (Wildman–Crippen LogP) is 3.98. The number of aldehydes is 1. The molecule has 1 aromatic rings. The number of carbonyl (C=O) groups is 3. The maximum atomic E-state index is 11.6. The molecule has 28 heavy (non-hydrogen) atoms. The third-order valence-electron chi connectivity index (χ3n) is 2.70. The first-order valence-electron chi connectivity index (χ1n) is 9.20. The lowest BCUT2D eigenvalue weighted by atomic mass is 10.1. The number of carbonyl (C=O) groups excluding carboxylic acids is 3. The Labute approximate surface area is 168 Å². The van der Waals surface area contributed by atoms with Crippen LogP contribution < -0.4 is 10.1 Å². The van der Waals surface area contributed by atoms with E-state index in [2.05, 4.69) is 10.3 Å². The summed E-state index contributed by atoms with van der Waals surface area (Å²) in [7, 11) is 1.55. The summed E-state index contributed by atoms with van der Waals surface area (Å²) in [5, 5.41) is 2.79. The monoisotopic (exact) mass is 394 g/mol. The minimum atomic E-state index is -0.504. The van der Waals surface area contributed by atoms with Crippen molar-refractivity contribution >= 4 is 24.6 Å². The van der Waals surface area contributed by atoms with Gasteiger partial charge in [0.05, 0.1) is 6.21 Å². The Hall–Kier alpha value is -2.70. The average molecular weight is 395 g/mol. The van der Waals surface area contributed by atoms with Crippen molar-refractivity contribution in [2.75, 3.05) is 7.05 Å². The molecule has 1 aromatic carbocycles. The van der Waals surface area contributed by atoms with Gasteiger partial charge in [0.2, 0.25) is 0 Å². The number of hydrogen-bond acceptors (Lipinski definition) is 6. The number of esters is 1. The number of nitrogens with zero attached hydrogens (tertiary/aromatic N) is 1. The van der Waals surface area contributed by atoms with Gasteiger partial charge in [0.25, 0.3) is 0 Å². The van der Waals surface area contributed by atoms with E-state index in [9.17, 15) is 14.4 Å². The molecule has 1 atom stereocenters. The summed E-state index contributed by atoms with van der Waals surface area (Å²) >= 11 is 0. The van der Waals surface area contributed by atoms with Crippen molar-refractivity contribution in [1.29, 1.82) is 0 Å². The number of rotatable bonds is 5. The second kappa shape index (κ2) is 15.4. The van der Waals surface area contributed by atoms with Crippen molar-refractivity contribution < 1.29 is 23.9 Å². The van der Waals surface area contributed by atoms with Gasteiger partial charge in [0, 0.05) is 20.0 Å². The first kappa shape index (κ1) is 27.5. The van der Waals surface area contributed by atoms with Gasteiger partial charge in [-0.15, -0.1) is 0 Å². The number of ether oxygens (including phenoxy) is 2. The van der Waals surface area contributed by atoms with Gasteiger partial charge in [-0.1, -0.05) is 26.0 Å². The Morgan fingerprint density at radius 2 is 1.71 bits per heavy atom. The number of hydrogen-bond donors (Lipinski definition) is 1. The highest BCUT2D eigenvalue weighted by molar-refractivity contribution is 6.12. The number of amides is 1. The molecule has 0 bridgehead atoms. The Morgan fingerprint density at radius 1 is 1.18 bits per heavy atom. The fourth-order valence-electron chi connectivity index (χ4n) is 1.83. The van der Waals surface area contributed by atoms with Gasteiger partial charge in [-0.2, -0.15) is 0 Å². The van der Waals surface area contributed by atoms with Gasteiger partial charge in [0.15, 0.2) is 6.29 Å². The molecule has 1 rings (SSSR count). The van der Waals surface area contributed by atoms with E-state index in [0.717, 1.165) is 5.56 Å². The average Bonchev–Trinajstić information content (AvgIpc) is 2.57. The van der Waals surface area contributed by atoms with Crippen LogP contribution in [0.5, 0.6) is 5.75 Å². The van der Waals surface area contributed by atoms with E-state index in [4.69, 9.17) is 9.47 Å². The lowest BCUT2D eigenvalue weighted by molar-refractivity contribution is -0.131. The van der Waals surface area contributed by atoms with Crippen LogP contribution in [0.2, 0.25) is 0 Å². The van der Waals surface area contributed by atoms with Gasteiger partial charge in [-0.25, -0.2) is 4.79 Å². The van der Waals surface area contributed by atoms with E-state index < -0.39 is 11.7 Å². The van der Waals surface area contributed by atoms with Crippen molar-refractivity contribution in [2.45, 2.75) is 66.5 Å². The standard InChI is InChI=1S/C16H23NO4.C3H5NO.C2H6/c1-11(17-15(19)21-16(3,4)5)10-13-6-8-14(9-7-13)20-12(2)18;1-4-2-3-5;1-2/h6-9,11H,10H2,1-5H3,(H,17,19);2-3H,1H3;1-2H3. The maximum Gasteiger partial charge on any atom is 0.407 e. The molecule has 0 aliphatic heterocycles. The number of alkyl carbamates (subject to hydrolysis) is 1. The molecule has 1 N–H and O–H groups in total. The molecule has 0 saturated carbocycles. The first-order valence-corrected chi connectivity index (χ1v) is 9.20. The van der Waals surface area contributed by atoms with E-state index in [1.165, 1.54) is 13.1 Å². The van der Waals surface area contributed by atoms with Crippen LogP contribution in [0.4, 0.5) is 4.79 Å². The van der Waals surface area contributed by atoms with Crippen molar-refractivity contribution in [2.24, 2.45) is 4.99 Å². The highest BCUT2D eigenvalue weighted by atomic mass is 16.6. The van der Waals surface area contributed by atoms with Crippen LogP contribution in [0.15, 0.2) is 29.3 Å². The van der Waals surface area contributed by atoms with E-state index in [1.807, 2.05) is 53.7 Å². The van der Waals surface area contributed by atoms with Gasteiger partial charge >= 0.3 is 12.1 Å². The Morgan fingerprint density at radius 3 is 2.07 bits per heavy atom. The van der Waals surface area contributed by atoms with Gasteiger partial charge in [0.1, 0.15) is 11.4 Å². The predicted molar refractivity (Wildman–Crippen MR) is 112 cm³/mol. The molecule has 0 heterocycles. The van der Waals surface area contributed by atoms with Crippen molar-refractivity contribution in [3.63, 3.8) is 0 Å². The summed E-state index contributed by atoms with van der Waals surface area (Å²) < 4.78 is 10.2. The summed E-state index contributed by atoms with van der Waals surface area (Å²) in [6.07, 6.45) is 2.08. The highest BCUT2D eigenvalue weighted by Gasteiger charge is 2.17. The van der Waals surface area contributed by atoms with Crippen molar-refractivity contribution in [1.82, 2.24) is 5.32 Å². The lowest BCUT2D eigenvalue weighted by Gasteiger charge is -2.22. The molecule has 0 fully saturated rings. The molecule has 0 aliphatic rings. The Kier molecular flexibility index (Phi) is 15.1. The summed E-state index contributed by atoms with van der Waals surface area (Å²) in [4.78, 5) is 35.1. The minimum Gasteiger partial charge on any atom is -0.444 e. The van der Waals surface area contributed by atoms with Crippen LogP contribution in [-0.4, -0.2) is 43.3 Å². The van der Waals surface area contributed by atoms with E-state index in [-0.39, 0.29) is 12.0 Å². The molecular formula is C21H34N2O5. The van der Waals surface area contributed by atoms with E-state index >= 15 is 0 Å². The Balaban J connectivity index is 0. The van der Waals surface area contributed by atoms with Crippen LogP contribution >= 0.6 is 0 Å². The van der Waals surface area contributed by atoms with Gasteiger partial charge < -0.3 is 14.8 Å². The van der Waals surface area contributed by atoms with E-state index in [1.54, 1.807) is 19.2 Å². The fraction of sp³-hybridized carbons (Fsp3) is 0.524. The summed E-state index contributed by atoms with van der Waals surface area (Å²) in [6.45, 7) is 12.7. The molecule has 1 unspecified atom stereocenters. The van der Waals surface area contributed by atoms with Crippen LogP contribution in [0, 0.1) is 0 Å². The quantitative estimate of drug-likeness (QED) is 0.353. The van der Waals surface area contributed by atoms with Crippen molar-refractivity contribution in [3.8, 4) is 5.75 Å². The molecule has 0 radical (unpaired) electrons. The number of nitrogens with one attached hydrogen (secondary N) is 1. The second-order valence-corrected chi connectivity index (χ2v) is 6.53. The summed E-state index contributed by atoms with van der Waals surface area (Å²) in [5.74, 6) is 0.168. The molecule has 0 aliphatic carbocycles. The van der Waals surface area contributed by atoms with E-state index in [0.29, 0.717) is 18.5 Å². The van der Waals surface area contributed by atoms with Gasteiger partial charge in [-0.3, -0.25) is 14.6 Å². The van der Waals surface area contributed by atoms with Crippen LogP contribution in [0.3, 0.4) is 0 Å². The molecule has 1 amide bonds. The zero-order chi connectivity index (χ0) is 22.2. The maximum absolute atomic E-state index is 11.6. The molecular weight excluding hydrogens is 360 g/mol. The molecule has 0 saturated heterocycles. The zero-order valence-corrected chi connectivity index (χ0v) is 18.2. The molecule has 7 heteroatoms. The van der Waals surface area contributed by atoms with Gasteiger partial charge in [-0.05, 0) is 51.8 Å². The second-order valence-electron chi connectivity index (χ2n) is 6.53. The largest absolute Gasteiger partial charge is 0.444 e. The highest BCUT2D eigenvalue weighted by Crippen LogP contribution is 2.14. The topological polar surface area (TPSA) is 94.1 Å². The smallest absolute Gasteiger partial charge is 0.407 e. The molecule has 7 nitrogen and oxygen atoms in total. The number of benzene rings is 1. The molecule has 0 spiro atoms. The van der Waals surface area contributed by atoms with Crippen LogP contribution in [0.25, 0.3) is 0 Å². The number of aliphatic imine (C=N–C) groups is 1. The van der Waals surface area contributed by atoms with Crippen LogP contribution in [-0.2, 0) is 20.7 Å². The Bertz CT molecular complexity index is 604. The SMILES string of the molecule is CC.CC(=O)Oc1ccc(CC(C)NC(=O)OC(C)(C)C)cc1.CN=CC=O. The van der Waals surface area contributed by atoms with Crippen molar-refractivity contribution in [3.05, 3.63) is 29.8 Å². The molecule has 158 valence electrons. The summed E-state index contributed by atoms with van der Waals surface area (Å²) in [6, 6.07) is 7.14. The zero-order valence-electron chi connectivity index (χ0n) is 18.2. The third-order valence-corrected chi connectivity index (χ3v) is 2.70. The lowest BCUT2D eigenvalue weighted by Crippen LogP contribution is -2.38. The third kappa shape index (κ3) is 16.8. The van der Waals surface area contributed by atoms with Crippen LogP contribution in [0.1, 0.15) is 54.0 Å². The first-order chi connectivity index (χ1) is 13.1.